The van der Waals surface area contributed by atoms with Gasteiger partial charge in [-0.2, -0.15) is 5.10 Å². The van der Waals surface area contributed by atoms with Gasteiger partial charge in [0.05, 0.1) is 29.1 Å². The molecule has 4 aromatic rings. The fraction of sp³-hybridized carbons (Fsp3) is 0.133. The van der Waals surface area contributed by atoms with Crippen molar-refractivity contribution in [2.75, 3.05) is 18.0 Å². The lowest BCUT2D eigenvalue weighted by Gasteiger charge is -2.13. The van der Waals surface area contributed by atoms with Crippen LogP contribution in [0.2, 0.25) is 0 Å². The SMILES string of the molecule is COc1cncc2cc(-c3cnc4ccc([N](C)[Al])nn34)sc12. The summed E-state index contributed by atoms with van der Waals surface area (Å²) in [5, 5.41) is 5.70. The predicted octanol–water partition coefficient (Wildman–Crippen LogP) is 2.53. The molecule has 0 aliphatic rings. The molecule has 0 atom stereocenters. The Morgan fingerprint density at radius 1 is 1.26 bits per heavy atom. The lowest BCUT2D eigenvalue weighted by molar-refractivity contribution is 0.419. The molecule has 4 rings (SSSR count). The first-order chi connectivity index (χ1) is 11.2. The molecule has 0 N–H and O–H groups in total. The highest BCUT2D eigenvalue weighted by atomic mass is 32.1. The molecule has 0 saturated carbocycles. The molecule has 23 heavy (non-hydrogen) atoms. The number of methoxy groups -OCH3 is 1. The van der Waals surface area contributed by atoms with Gasteiger partial charge in [-0.1, -0.05) is 0 Å². The standard InChI is InChI=1S/C15H12N5OS.Al/c1-16-13-3-4-14-18-7-10(20(14)19-13)12-5-9-6-17-8-11(21-2)15(9)22-12;/h3-8H,1-2H3;/q-1;+1. The van der Waals surface area contributed by atoms with E-state index < -0.39 is 0 Å². The number of thiophene rings is 1. The quantitative estimate of drug-likeness (QED) is 0.538. The number of hydrogen-bond acceptors (Lipinski definition) is 6. The van der Waals surface area contributed by atoms with E-state index in [-0.39, 0.29) is 0 Å². The highest BCUT2D eigenvalue weighted by Crippen LogP contribution is 2.37. The molecule has 0 bridgehead atoms. The Morgan fingerprint density at radius 3 is 2.91 bits per heavy atom. The summed E-state index contributed by atoms with van der Waals surface area (Å²) in [4.78, 5) is 9.73. The van der Waals surface area contributed by atoms with E-state index in [0.29, 0.717) is 0 Å². The molecule has 112 valence electrons. The van der Waals surface area contributed by atoms with Gasteiger partial charge < -0.3 is 8.62 Å². The molecule has 0 saturated heterocycles. The second kappa shape index (κ2) is 5.49. The molecule has 0 aliphatic carbocycles. The summed E-state index contributed by atoms with van der Waals surface area (Å²) in [6, 6.07) is 6.00. The minimum atomic E-state index is 0.783. The number of imidazole rings is 1. The monoisotopic (exact) mass is 337 g/mol. The first kappa shape index (κ1) is 14.5. The van der Waals surface area contributed by atoms with Crippen molar-refractivity contribution < 1.29 is 4.74 Å². The Hall–Kier alpha value is -2.14. The predicted molar refractivity (Wildman–Crippen MR) is 92.3 cm³/mol. The highest BCUT2D eigenvalue weighted by Gasteiger charge is 2.13. The second-order valence-corrected chi connectivity index (χ2v) is 6.91. The molecule has 4 aromatic heterocycles. The summed E-state index contributed by atoms with van der Waals surface area (Å²) in [6.45, 7) is 0. The topological polar surface area (TPSA) is 55.6 Å². The Bertz CT molecular complexity index is 1010. The van der Waals surface area contributed by atoms with Crippen molar-refractivity contribution in [2.45, 2.75) is 0 Å². The molecule has 6 nitrogen and oxygen atoms in total. The third-order valence-corrected chi connectivity index (χ3v) is 5.02. The van der Waals surface area contributed by atoms with Gasteiger partial charge >= 0.3 is 16.5 Å². The molecule has 2 radical (unpaired) electrons. The van der Waals surface area contributed by atoms with Crippen LogP contribution in [0.15, 0.2) is 36.8 Å². The van der Waals surface area contributed by atoms with E-state index in [0.717, 1.165) is 37.9 Å². The molecule has 0 spiro atoms. The van der Waals surface area contributed by atoms with E-state index in [4.69, 9.17) is 4.74 Å². The third kappa shape index (κ3) is 2.36. The zero-order valence-electron chi connectivity index (χ0n) is 12.6. The number of pyridine rings is 1. The fourth-order valence-electron chi connectivity index (χ4n) is 2.43. The van der Waals surface area contributed by atoms with E-state index in [1.54, 1.807) is 24.6 Å². The Labute approximate surface area is 145 Å². The van der Waals surface area contributed by atoms with E-state index in [1.807, 2.05) is 40.0 Å². The molecule has 0 aromatic carbocycles. The maximum Gasteiger partial charge on any atom is 0.312 e. The summed E-state index contributed by atoms with van der Waals surface area (Å²) in [6.07, 6.45) is 5.42. The Morgan fingerprint density at radius 2 is 2.13 bits per heavy atom. The number of nitrogens with zero attached hydrogens (tertiary/aromatic N) is 5. The van der Waals surface area contributed by atoms with Crippen LogP contribution >= 0.6 is 11.3 Å². The van der Waals surface area contributed by atoms with Crippen molar-refractivity contribution in [3.63, 3.8) is 0 Å². The van der Waals surface area contributed by atoms with Gasteiger partial charge in [0.15, 0.2) is 11.4 Å². The number of ether oxygens (including phenoxy) is 1. The minimum absolute atomic E-state index is 0.783. The van der Waals surface area contributed by atoms with Gasteiger partial charge in [-0.15, -0.1) is 11.3 Å². The maximum absolute atomic E-state index is 5.40. The molecule has 8 heteroatoms. The smallest absolute Gasteiger partial charge is 0.312 e. The van der Waals surface area contributed by atoms with E-state index in [1.165, 1.54) is 0 Å². The van der Waals surface area contributed by atoms with Crippen LogP contribution < -0.4 is 8.62 Å². The first-order valence-electron chi connectivity index (χ1n) is 6.92. The lowest BCUT2D eigenvalue weighted by atomic mass is 10.3. The molecule has 0 fully saturated rings. The van der Waals surface area contributed by atoms with Crippen LogP contribution in [0.25, 0.3) is 26.3 Å². The van der Waals surface area contributed by atoms with Crippen molar-refractivity contribution >= 4 is 49.4 Å². The van der Waals surface area contributed by atoms with Crippen LogP contribution in [0.1, 0.15) is 0 Å². The molecule has 4 heterocycles. The summed E-state index contributed by atoms with van der Waals surface area (Å²) in [7, 11) is 3.60. The minimum Gasteiger partial charge on any atom is -0.494 e. The average molecular weight is 337 g/mol. The van der Waals surface area contributed by atoms with Crippen molar-refractivity contribution in [1.29, 1.82) is 0 Å². The average Bonchev–Trinajstić information content (AvgIpc) is 3.16. The normalized spacial score (nSPS) is 11.2. The van der Waals surface area contributed by atoms with Gasteiger partial charge in [0, 0.05) is 11.6 Å². The fourth-order valence-corrected chi connectivity index (χ4v) is 3.68. The molecule has 0 amide bonds. The zero-order chi connectivity index (χ0) is 16.0. The summed E-state index contributed by atoms with van der Waals surface area (Å²) >= 11 is 4.26. The van der Waals surface area contributed by atoms with Crippen LogP contribution in [0.3, 0.4) is 0 Å². The molecule has 0 aliphatic heterocycles. The maximum atomic E-state index is 5.40. The molecular formula is C15H12AlN5OS. The van der Waals surface area contributed by atoms with Gasteiger partial charge in [0.1, 0.15) is 11.5 Å². The van der Waals surface area contributed by atoms with Gasteiger partial charge in [-0.3, -0.25) is 4.98 Å². The molecular weight excluding hydrogens is 325 g/mol. The lowest BCUT2D eigenvalue weighted by Crippen LogP contribution is -2.14. The zero-order valence-corrected chi connectivity index (χ0v) is 14.6. The van der Waals surface area contributed by atoms with Crippen LogP contribution in [-0.4, -0.2) is 50.3 Å². The van der Waals surface area contributed by atoms with Crippen molar-refractivity contribution in [3.8, 4) is 16.3 Å². The second-order valence-electron chi connectivity index (χ2n) is 5.09. The van der Waals surface area contributed by atoms with Gasteiger partial charge in [0.25, 0.3) is 0 Å². The number of anilines is 1. The number of fused-ring (bicyclic) bond motifs is 2. The van der Waals surface area contributed by atoms with Gasteiger partial charge in [-0.25, -0.2) is 9.50 Å². The van der Waals surface area contributed by atoms with Crippen molar-refractivity contribution in [2.24, 2.45) is 0 Å². The number of hydrogen-bond donors (Lipinski definition) is 0. The largest absolute Gasteiger partial charge is 0.494 e. The summed E-state index contributed by atoms with van der Waals surface area (Å²) < 4.78 is 10.2. The van der Waals surface area contributed by atoms with Crippen molar-refractivity contribution in [3.05, 3.63) is 36.8 Å². The highest BCUT2D eigenvalue weighted by molar-refractivity contribution is 7.22. The van der Waals surface area contributed by atoms with E-state index in [9.17, 15) is 0 Å². The third-order valence-electron chi connectivity index (χ3n) is 3.57. The van der Waals surface area contributed by atoms with E-state index in [2.05, 4.69) is 37.6 Å². The van der Waals surface area contributed by atoms with Crippen LogP contribution in [0.4, 0.5) is 5.82 Å². The molecule has 0 unspecified atom stereocenters. The van der Waals surface area contributed by atoms with Crippen molar-refractivity contribution in [1.82, 2.24) is 19.6 Å². The van der Waals surface area contributed by atoms with Crippen LogP contribution in [0, 0.1) is 0 Å². The number of rotatable bonds is 3. The van der Waals surface area contributed by atoms with Crippen LogP contribution in [0.5, 0.6) is 5.75 Å². The van der Waals surface area contributed by atoms with Crippen LogP contribution in [-0.2, 0) is 0 Å². The van der Waals surface area contributed by atoms with E-state index >= 15 is 0 Å². The number of aromatic nitrogens is 4. The Balaban J connectivity index is 1.93. The van der Waals surface area contributed by atoms with Gasteiger partial charge in [-0.05, 0) is 25.2 Å². The summed E-state index contributed by atoms with van der Waals surface area (Å²) in [5.41, 5.74) is 1.77. The summed E-state index contributed by atoms with van der Waals surface area (Å²) in [5.74, 6) is 1.63. The van der Waals surface area contributed by atoms with Gasteiger partial charge in [0.2, 0.25) is 0 Å². The first-order valence-corrected chi connectivity index (χ1v) is 8.26. The Kier molecular flexibility index (Phi) is 3.45.